The Kier molecular flexibility index (Phi) is 4.66. The highest BCUT2D eigenvalue weighted by Gasteiger charge is 2.30. The Hall–Kier alpha value is -1.26. The van der Waals surface area contributed by atoms with Crippen molar-refractivity contribution in [2.45, 2.75) is 31.9 Å². The smallest absolute Gasteiger partial charge is 0.161 e. The number of rotatable bonds is 4. The SMILES string of the molecule is CCN1CCC[C@@H](O)[C@H]1c1ccc(OC)c(OC)c1. The number of benzene rings is 1. The zero-order valence-corrected chi connectivity index (χ0v) is 11.9. The number of likely N-dealkylation sites (N-methyl/N-ethyl adjacent to an activating group) is 1. The first-order valence-electron chi connectivity index (χ1n) is 6.85. The van der Waals surface area contributed by atoms with Gasteiger partial charge in [0.2, 0.25) is 0 Å². The van der Waals surface area contributed by atoms with E-state index in [4.69, 9.17) is 9.47 Å². The summed E-state index contributed by atoms with van der Waals surface area (Å²) in [7, 11) is 3.27. The molecule has 1 heterocycles. The van der Waals surface area contributed by atoms with Crippen LogP contribution in [0.25, 0.3) is 0 Å². The van der Waals surface area contributed by atoms with Crippen LogP contribution in [0.1, 0.15) is 31.4 Å². The second-order valence-corrected chi connectivity index (χ2v) is 4.90. The van der Waals surface area contributed by atoms with Crippen molar-refractivity contribution in [2.75, 3.05) is 27.3 Å². The maximum atomic E-state index is 10.3. The molecule has 0 saturated carbocycles. The Bertz CT molecular complexity index is 422. The number of methoxy groups -OCH3 is 2. The summed E-state index contributed by atoms with van der Waals surface area (Å²) in [5.74, 6) is 1.44. The van der Waals surface area contributed by atoms with E-state index in [1.165, 1.54) is 0 Å². The molecule has 2 rings (SSSR count). The van der Waals surface area contributed by atoms with E-state index in [9.17, 15) is 5.11 Å². The van der Waals surface area contributed by atoms with Crippen LogP contribution < -0.4 is 9.47 Å². The van der Waals surface area contributed by atoms with Gasteiger partial charge in [-0.3, -0.25) is 4.90 Å². The van der Waals surface area contributed by atoms with Gasteiger partial charge in [0.1, 0.15) is 0 Å². The quantitative estimate of drug-likeness (QED) is 0.906. The summed E-state index contributed by atoms with van der Waals surface area (Å²) in [4.78, 5) is 2.31. The standard InChI is InChI=1S/C15H23NO3/c1-4-16-9-5-6-12(17)15(16)11-7-8-13(18-2)14(10-11)19-3/h7-8,10,12,15,17H,4-6,9H2,1-3H3/t12-,15-/m1/s1. The first-order valence-corrected chi connectivity index (χ1v) is 6.85. The summed E-state index contributed by atoms with van der Waals surface area (Å²) in [6.45, 7) is 4.11. The fraction of sp³-hybridized carbons (Fsp3) is 0.600. The van der Waals surface area contributed by atoms with Gasteiger partial charge in [0, 0.05) is 0 Å². The lowest BCUT2D eigenvalue weighted by molar-refractivity contribution is 0.0125. The number of hydrogen-bond acceptors (Lipinski definition) is 4. The molecule has 1 saturated heterocycles. The summed E-state index contributed by atoms with van der Waals surface area (Å²) in [6, 6.07) is 5.95. The third-order valence-corrected chi connectivity index (χ3v) is 3.86. The molecule has 1 aliphatic heterocycles. The van der Waals surface area contributed by atoms with Crippen LogP contribution in [-0.4, -0.2) is 43.4 Å². The monoisotopic (exact) mass is 265 g/mol. The van der Waals surface area contributed by atoms with Gasteiger partial charge >= 0.3 is 0 Å². The van der Waals surface area contributed by atoms with Crippen LogP contribution in [0, 0.1) is 0 Å². The Morgan fingerprint density at radius 3 is 2.63 bits per heavy atom. The molecule has 0 bridgehead atoms. The molecule has 19 heavy (non-hydrogen) atoms. The van der Waals surface area contributed by atoms with Crippen LogP contribution in [0.2, 0.25) is 0 Å². The molecule has 0 aliphatic carbocycles. The first-order chi connectivity index (χ1) is 9.21. The molecule has 1 N–H and O–H groups in total. The number of ether oxygens (including phenoxy) is 2. The minimum Gasteiger partial charge on any atom is -0.493 e. The average Bonchev–Trinajstić information content (AvgIpc) is 2.46. The lowest BCUT2D eigenvalue weighted by Crippen LogP contribution is -2.41. The van der Waals surface area contributed by atoms with Gasteiger partial charge in [-0.15, -0.1) is 0 Å². The van der Waals surface area contributed by atoms with Crippen LogP contribution in [-0.2, 0) is 0 Å². The summed E-state index contributed by atoms with van der Waals surface area (Å²) in [5.41, 5.74) is 1.09. The van der Waals surface area contributed by atoms with Gasteiger partial charge in [0.25, 0.3) is 0 Å². The largest absolute Gasteiger partial charge is 0.493 e. The third-order valence-electron chi connectivity index (χ3n) is 3.86. The second kappa shape index (κ2) is 6.26. The van der Waals surface area contributed by atoms with E-state index >= 15 is 0 Å². The van der Waals surface area contributed by atoms with Gasteiger partial charge in [0.15, 0.2) is 11.5 Å². The van der Waals surface area contributed by atoms with Crippen LogP contribution in [0.15, 0.2) is 18.2 Å². The highest BCUT2D eigenvalue weighted by Crippen LogP contribution is 2.36. The lowest BCUT2D eigenvalue weighted by atomic mass is 9.92. The van der Waals surface area contributed by atoms with Gasteiger partial charge in [-0.1, -0.05) is 13.0 Å². The molecule has 0 unspecified atom stereocenters. The predicted molar refractivity (Wildman–Crippen MR) is 74.8 cm³/mol. The maximum absolute atomic E-state index is 10.3. The Morgan fingerprint density at radius 1 is 1.26 bits per heavy atom. The summed E-state index contributed by atoms with van der Waals surface area (Å²) in [5, 5.41) is 10.3. The average molecular weight is 265 g/mol. The lowest BCUT2D eigenvalue weighted by Gasteiger charge is -2.38. The minimum atomic E-state index is -0.313. The highest BCUT2D eigenvalue weighted by atomic mass is 16.5. The third kappa shape index (κ3) is 2.85. The Balaban J connectivity index is 2.33. The van der Waals surface area contributed by atoms with Gasteiger partial charge < -0.3 is 14.6 Å². The van der Waals surface area contributed by atoms with E-state index in [0.29, 0.717) is 5.75 Å². The molecule has 0 amide bonds. The van der Waals surface area contributed by atoms with Crippen molar-refractivity contribution in [3.05, 3.63) is 23.8 Å². The first kappa shape index (κ1) is 14.2. The molecular weight excluding hydrogens is 242 g/mol. The summed E-state index contributed by atoms with van der Waals surface area (Å²) >= 11 is 0. The number of nitrogens with zero attached hydrogens (tertiary/aromatic N) is 1. The zero-order chi connectivity index (χ0) is 13.8. The molecule has 0 aromatic heterocycles. The minimum absolute atomic E-state index is 0.0542. The Labute approximate surface area is 114 Å². The molecule has 4 nitrogen and oxygen atoms in total. The molecule has 0 radical (unpaired) electrons. The highest BCUT2D eigenvalue weighted by molar-refractivity contribution is 5.44. The maximum Gasteiger partial charge on any atom is 0.161 e. The van der Waals surface area contributed by atoms with Crippen molar-refractivity contribution >= 4 is 0 Å². The second-order valence-electron chi connectivity index (χ2n) is 4.90. The number of piperidine rings is 1. The fourth-order valence-electron chi connectivity index (χ4n) is 2.87. The predicted octanol–water partition coefficient (Wildman–Crippen LogP) is 2.22. The molecule has 1 aliphatic rings. The van der Waals surface area contributed by atoms with E-state index in [1.54, 1.807) is 14.2 Å². The normalized spacial score (nSPS) is 24.2. The number of hydrogen-bond donors (Lipinski definition) is 1. The molecule has 0 spiro atoms. The van der Waals surface area contributed by atoms with Crippen molar-refractivity contribution < 1.29 is 14.6 Å². The number of aliphatic hydroxyl groups is 1. The van der Waals surface area contributed by atoms with Gasteiger partial charge in [-0.25, -0.2) is 0 Å². The van der Waals surface area contributed by atoms with E-state index in [0.717, 1.165) is 37.2 Å². The van der Waals surface area contributed by atoms with Gasteiger partial charge in [0.05, 0.1) is 26.4 Å². The van der Waals surface area contributed by atoms with Crippen molar-refractivity contribution in [1.82, 2.24) is 4.90 Å². The number of aliphatic hydroxyl groups excluding tert-OH is 1. The molecule has 4 heteroatoms. The molecule has 106 valence electrons. The van der Waals surface area contributed by atoms with E-state index < -0.39 is 0 Å². The van der Waals surface area contributed by atoms with E-state index in [-0.39, 0.29) is 12.1 Å². The molecule has 1 aromatic rings. The summed E-state index contributed by atoms with van der Waals surface area (Å²) in [6.07, 6.45) is 1.60. The molecule has 1 fully saturated rings. The van der Waals surface area contributed by atoms with E-state index in [2.05, 4.69) is 11.8 Å². The van der Waals surface area contributed by atoms with Crippen LogP contribution in [0.5, 0.6) is 11.5 Å². The van der Waals surface area contributed by atoms with Gasteiger partial charge in [-0.2, -0.15) is 0 Å². The van der Waals surface area contributed by atoms with Crippen LogP contribution in [0.4, 0.5) is 0 Å². The van der Waals surface area contributed by atoms with Gasteiger partial charge in [-0.05, 0) is 43.6 Å². The van der Waals surface area contributed by atoms with Crippen LogP contribution >= 0.6 is 0 Å². The van der Waals surface area contributed by atoms with Crippen molar-refractivity contribution in [2.24, 2.45) is 0 Å². The van der Waals surface area contributed by atoms with Crippen LogP contribution in [0.3, 0.4) is 0 Å². The topological polar surface area (TPSA) is 41.9 Å². The van der Waals surface area contributed by atoms with Crippen molar-refractivity contribution in [1.29, 1.82) is 0 Å². The summed E-state index contributed by atoms with van der Waals surface area (Å²) < 4.78 is 10.6. The van der Waals surface area contributed by atoms with Crippen molar-refractivity contribution in [3.63, 3.8) is 0 Å². The fourth-order valence-corrected chi connectivity index (χ4v) is 2.87. The molecule has 1 aromatic carbocycles. The van der Waals surface area contributed by atoms with Crippen molar-refractivity contribution in [3.8, 4) is 11.5 Å². The zero-order valence-electron chi connectivity index (χ0n) is 11.9. The number of likely N-dealkylation sites (tertiary alicyclic amines) is 1. The molecule has 2 atom stereocenters. The molecular formula is C15H23NO3. The van der Waals surface area contributed by atoms with E-state index in [1.807, 2.05) is 18.2 Å². The Morgan fingerprint density at radius 2 is 2.00 bits per heavy atom.